The van der Waals surface area contributed by atoms with Crippen LogP contribution in [0, 0.1) is 25.5 Å². The van der Waals surface area contributed by atoms with Gasteiger partial charge in [-0.25, -0.2) is 8.78 Å². The van der Waals surface area contributed by atoms with Crippen LogP contribution in [0.15, 0.2) is 45.9 Å². The maximum absolute atomic E-state index is 13.7. The molecular weight excluding hydrogens is 772 g/mol. The number of ether oxygens (including phenoxy) is 1. The van der Waals surface area contributed by atoms with Crippen molar-refractivity contribution in [3.8, 4) is 0 Å². The van der Waals surface area contributed by atoms with E-state index < -0.39 is 84.0 Å². The summed E-state index contributed by atoms with van der Waals surface area (Å²) in [6.07, 6.45) is -20.9. The molecule has 0 aliphatic rings. The quantitative estimate of drug-likeness (QED) is 0.0466. The van der Waals surface area contributed by atoms with Gasteiger partial charge in [0.25, 0.3) is 0 Å². The zero-order chi connectivity index (χ0) is 40.1. The highest BCUT2D eigenvalue weighted by molar-refractivity contribution is 7.99. The molecule has 0 aromatic heterocycles. The fourth-order valence-corrected chi connectivity index (χ4v) is 4.69. The van der Waals surface area contributed by atoms with Gasteiger partial charge in [-0.15, -0.1) is 23.5 Å². The number of ketones is 2. The van der Waals surface area contributed by atoms with Crippen LogP contribution in [0.4, 0.5) is 67.2 Å². The maximum Gasteiger partial charge on any atom is 0.450 e. The number of esters is 1. The number of aliphatic hydroxyl groups excluding tert-OH is 1. The molecule has 0 aliphatic heterocycles. The van der Waals surface area contributed by atoms with Gasteiger partial charge in [-0.3, -0.25) is 14.4 Å². The number of carbonyl (C=O) groups excluding carboxylic acids is 3. The molecule has 288 valence electrons. The average molecular weight is 800 g/mol. The van der Waals surface area contributed by atoms with E-state index in [1.54, 1.807) is 6.92 Å². The van der Waals surface area contributed by atoms with Gasteiger partial charge in [0.2, 0.25) is 11.5 Å². The number of aliphatic hydroxyl groups is 1. The number of rotatable bonds is 10. The molecule has 0 amide bonds. The molecule has 6 nitrogen and oxygen atoms in total. The molecule has 51 heavy (non-hydrogen) atoms. The molecule has 2 rings (SSSR count). The van der Waals surface area contributed by atoms with E-state index in [4.69, 9.17) is 10.8 Å². The highest BCUT2D eigenvalue weighted by Gasteiger charge is 2.39. The molecule has 0 aliphatic carbocycles. The summed E-state index contributed by atoms with van der Waals surface area (Å²) in [7, 11) is 0. The number of hydrogen-bond donors (Lipinski definition) is 2. The summed E-state index contributed by atoms with van der Waals surface area (Å²) in [4.78, 5) is 32.3. The van der Waals surface area contributed by atoms with Crippen LogP contribution in [-0.4, -0.2) is 65.5 Å². The molecule has 0 unspecified atom stereocenters. The van der Waals surface area contributed by atoms with Gasteiger partial charge in [0, 0.05) is 22.3 Å². The minimum absolute atomic E-state index is 0.0377. The van der Waals surface area contributed by atoms with Gasteiger partial charge >= 0.3 is 30.7 Å². The van der Waals surface area contributed by atoms with Crippen LogP contribution in [0.5, 0.6) is 0 Å². The summed E-state index contributed by atoms with van der Waals surface area (Å²) < 4.78 is 174. The molecule has 0 heterocycles. The Morgan fingerprint density at radius 1 is 0.765 bits per heavy atom. The first-order valence-corrected chi connectivity index (χ1v) is 15.4. The predicted molar refractivity (Wildman–Crippen MR) is 158 cm³/mol. The first-order valence-electron chi connectivity index (χ1n) is 13.5. The van der Waals surface area contributed by atoms with Crippen molar-refractivity contribution < 1.29 is 85.7 Å². The Morgan fingerprint density at radius 2 is 1.22 bits per heavy atom. The number of hydrogen-bond acceptors (Lipinski definition) is 8. The molecule has 0 fully saturated rings. The van der Waals surface area contributed by atoms with Crippen molar-refractivity contribution in [1.82, 2.24) is 0 Å². The van der Waals surface area contributed by atoms with E-state index in [1.807, 2.05) is 0 Å². The number of alkyl halides is 12. The molecule has 0 atom stereocenters. The summed E-state index contributed by atoms with van der Waals surface area (Å²) in [5.41, 5.74) is 5.42. The number of anilines is 1. The average Bonchev–Trinajstić information content (AvgIpc) is 2.94. The second-order valence-electron chi connectivity index (χ2n) is 9.73. The van der Waals surface area contributed by atoms with E-state index in [2.05, 4.69) is 4.74 Å². The predicted octanol–water partition coefficient (Wildman–Crippen LogP) is 9.35. The highest BCUT2D eigenvalue weighted by atomic mass is 32.2. The van der Waals surface area contributed by atoms with Crippen molar-refractivity contribution in [2.45, 2.75) is 68.1 Å². The Bertz CT molecular complexity index is 1540. The van der Waals surface area contributed by atoms with Crippen molar-refractivity contribution in [3.63, 3.8) is 0 Å². The zero-order valence-electron chi connectivity index (χ0n) is 26.2. The van der Waals surface area contributed by atoms with Gasteiger partial charge in [0.05, 0.1) is 23.8 Å². The van der Waals surface area contributed by atoms with E-state index in [-0.39, 0.29) is 34.4 Å². The number of carbonyl (C=O) groups is 3. The van der Waals surface area contributed by atoms with Gasteiger partial charge in [-0.1, -0.05) is 0 Å². The van der Waals surface area contributed by atoms with Crippen LogP contribution >= 0.6 is 23.5 Å². The normalized spacial score (nSPS) is 12.3. The van der Waals surface area contributed by atoms with E-state index >= 15 is 0 Å². The first-order chi connectivity index (χ1) is 23.0. The van der Waals surface area contributed by atoms with Crippen molar-refractivity contribution in [2.75, 3.05) is 23.8 Å². The fraction of sp³-hybridized carbons (Fsp3) is 0.414. The topological polar surface area (TPSA) is 107 Å². The lowest BCUT2D eigenvalue weighted by Gasteiger charge is -2.11. The Kier molecular flexibility index (Phi) is 18.4. The van der Waals surface area contributed by atoms with E-state index in [9.17, 15) is 75.8 Å². The van der Waals surface area contributed by atoms with Gasteiger partial charge in [-0.2, -0.15) is 52.7 Å². The number of nitrogens with two attached hydrogens (primary N) is 1. The van der Waals surface area contributed by atoms with Gasteiger partial charge < -0.3 is 15.6 Å². The second-order valence-corrected chi connectivity index (χ2v) is 11.8. The Morgan fingerprint density at radius 3 is 1.63 bits per heavy atom. The van der Waals surface area contributed by atoms with Gasteiger partial charge in [0.1, 0.15) is 18.1 Å². The Labute approximate surface area is 288 Å². The number of nitrogen functional groups attached to an aromatic ring is 1. The molecular formula is C29H27F14NO5S2. The summed E-state index contributed by atoms with van der Waals surface area (Å²) in [6.45, 7) is 4.31. The first kappa shape index (κ1) is 47.3. The molecule has 0 saturated carbocycles. The molecule has 22 heteroatoms. The molecule has 2 aromatic carbocycles. The molecule has 0 radical (unpaired) electrons. The molecule has 0 bridgehead atoms. The summed E-state index contributed by atoms with van der Waals surface area (Å²) in [5, 5.41) is 8.67. The van der Waals surface area contributed by atoms with Crippen molar-refractivity contribution in [2.24, 2.45) is 0 Å². The largest absolute Gasteiger partial charge is 0.504 e. The number of halogens is 14. The fourth-order valence-electron chi connectivity index (χ4n) is 3.05. The Hall–Kier alpha value is -3.69. The highest BCUT2D eigenvalue weighted by Crippen LogP contribution is 2.33. The molecule has 3 N–H and O–H groups in total. The smallest absolute Gasteiger partial charge is 0.450 e. The van der Waals surface area contributed by atoms with E-state index in [1.165, 1.54) is 19.9 Å². The van der Waals surface area contributed by atoms with Crippen LogP contribution in [-0.2, 0) is 25.5 Å². The monoisotopic (exact) mass is 799 g/mol. The third kappa shape index (κ3) is 20.1. The Balaban J connectivity index is 0.000000794. The lowest BCUT2D eigenvalue weighted by Crippen LogP contribution is -2.26. The third-order valence-electron chi connectivity index (χ3n) is 5.30. The number of aryl methyl sites for hydroxylation is 2. The molecule has 0 saturated heterocycles. The summed E-state index contributed by atoms with van der Waals surface area (Å²) >= 11 is 0.980. The van der Waals surface area contributed by atoms with Crippen molar-refractivity contribution in [1.29, 1.82) is 0 Å². The number of allylic oxidation sites excluding steroid dienone is 2. The zero-order valence-corrected chi connectivity index (χ0v) is 27.8. The van der Waals surface area contributed by atoms with Gasteiger partial charge in [0.15, 0.2) is 5.78 Å². The molecule has 2 aromatic rings. The summed E-state index contributed by atoms with van der Waals surface area (Å²) in [6, 6.07) is 4.24. The third-order valence-corrected chi connectivity index (χ3v) is 7.75. The standard InChI is InChI=1S/C14H11F7O2S.C9H9F4NS.C6H7F3O3/c1-7-2-10(15)8(4-11(7)24-6-13(16,17)18)3-9(22)5-12(23)14(19,20)21;1-5-2-6(10)7(14)3-8(5)15-4-9(11,12)13;1-2-12-5(11)3-4(10)6(7,8)9/h2,4-5,23H,3,6H2,1H3;2-3H,4,14H2,1H3;2-3H2,1H3/b12-5-;;. The van der Waals surface area contributed by atoms with Gasteiger partial charge in [-0.05, 0) is 61.7 Å². The lowest BCUT2D eigenvalue weighted by molar-refractivity contribution is -0.174. The van der Waals surface area contributed by atoms with Crippen LogP contribution in [0.25, 0.3) is 0 Å². The number of Topliss-reactive ketones (excluding diaryl/α,β-unsaturated/α-hetero) is 1. The minimum atomic E-state index is -5.12. The summed E-state index contributed by atoms with van der Waals surface area (Å²) in [5.74, 6) is -10.4. The minimum Gasteiger partial charge on any atom is -0.504 e. The van der Waals surface area contributed by atoms with E-state index in [0.29, 0.717) is 34.0 Å². The van der Waals surface area contributed by atoms with E-state index in [0.717, 1.165) is 18.2 Å². The van der Waals surface area contributed by atoms with Crippen LogP contribution in [0.1, 0.15) is 30.0 Å². The van der Waals surface area contributed by atoms with Crippen LogP contribution in [0.3, 0.4) is 0 Å². The molecule has 0 spiro atoms. The van der Waals surface area contributed by atoms with Crippen LogP contribution in [0.2, 0.25) is 0 Å². The second kappa shape index (κ2) is 19.8. The van der Waals surface area contributed by atoms with Crippen molar-refractivity contribution in [3.05, 3.63) is 64.4 Å². The number of thioether (sulfide) groups is 2. The van der Waals surface area contributed by atoms with Crippen LogP contribution < -0.4 is 5.73 Å². The SMILES string of the molecule is CCOC(=O)CC(=O)C(F)(F)F.Cc1cc(F)c(CC(=O)/C=C(\O)C(F)(F)F)cc1SCC(F)(F)F.Cc1cc(F)c(N)cc1SCC(F)(F)F. The lowest BCUT2D eigenvalue weighted by atomic mass is 10.1. The number of benzene rings is 2. The maximum atomic E-state index is 13.7. The van der Waals surface area contributed by atoms with Crippen molar-refractivity contribution >= 4 is 46.7 Å².